The van der Waals surface area contributed by atoms with E-state index in [-0.39, 0.29) is 20.4 Å². The predicted molar refractivity (Wildman–Crippen MR) is 65.0 cm³/mol. The normalized spacial score (nSPS) is 12.9. The molecule has 0 spiro atoms. The first-order valence-electron chi connectivity index (χ1n) is 4.50. The van der Waals surface area contributed by atoms with Crippen LogP contribution >= 0.6 is 23.2 Å². The van der Waals surface area contributed by atoms with Gasteiger partial charge in [0.25, 0.3) is 10.1 Å². The Morgan fingerprint density at radius 3 is 1.75 bits per heavy atom. The second-order valence-corrected chi connectivity index (χ2v) is 6.72. The fourth-order valence-corrected chi connectivity index (χ4v) is 3.13. The van der Waals surface area contributed by atoms with Gasteiger partial charge in [0, 0.05) is 10.0 Å². The van der Waals surface area contributed by atoms with Crippen LogP contribution in [-0.2, 0) is 15.5 Å². The molecule has 0 aliphatic rings. The Morgan fingerprint density at radius 1 is 1.12 bits per heavy atom. The summed E-state index contributed by atoms with van der Waals surface area (Å²) in [5.74, 6) is 0. The molecule has 16 heavy (non-hydrogen) atoms. The molecular weight excluding hydrogens is 271 g/mol. The van der Waals surface area contributed by atoms with Gasteiger partial charge in [0.2, 0.25) is 0 Å². The molecule has 6 heteroatoms. The summed E-state index contributed by atoms with van der Waals surface area (Å²) >= 11 is 11.9. The van der Waals surface area contributed by atoms with E-state index >= 15 is 0 Å². The second-order valence-electron chi connectivity index (χ2n) is 4.49. The van der Waals surface area contributed by atoms with Gasteiger partial charge in [-0.15, -0.1) is 0 Å². The molecule has 90 valence electrons. The molecule has 1 aromatic carbocycles. The first-order chi connectivity index (χ1) is 7.03. The van der Waals surface area contributed by atoms with Crippen LogP contribution in [0.3, 0.4) is 0 Å². The van der Waals surface area contributed by atoms with Gasteiger partial charge in [0.15, 0.2) is 0 Å². The van der Waals surface area contributed by atoms with Gasteiger partial charge in [-0.25, -0.2) is 0 Å². The number of rotatable bonds is 1. The van der Waals surface area contributed by atoms with E-state index in [9.17, 15) is 8.42 Å². The molecule has 0 atom stereocenters. The first kappa shape index (κ1) is 13.8. The molecule has 3 nitrogen and oxygen atoms in total. The van der Waals surface area contributed by atoms with Gasteiger partial charge in [-0.1, -0.05) is 44.0 Å². The van der Waals surface area contributed by atoms with E-state index < -0.39 is 10.1 Å². The van der Waals surface area contributed by atoms with Crippen LogP contribution in [0.5, 0.6) is 0 Å². The number of benzene rings is 1. The van der Waals surface area contributed by atoms with E-state index in [0.717, 1.165) is 0 Å². The maximum absolute atomic E-state index is 10.9. The molecular formula is C10H12Cl2O3S. The smallest absolute Gasteiger partial charge is 0.282 e. The van der Waals surface area contributed by atoms with E-state index in [2.05, 4.69) is 0 Å². The largest absolute Gasteiger partial charge is 0.294 e. The highest BCUT2D eigenvalue weighted by molar-refractivity contribution is 7.85. The zero-order chi connectivity index (χ0) is 12.7. The van der Waals surface area contributed by atoms with Crippen LogP contribution < -0.4 is 0 Å². The molecule has 0 unspecified atom stereocenters. The van der Waals surface area contributed by atoms with E-state index in [1.807, 2.05) is 20.8 Å². The average Bonchev–Trinajstić information content (AvgIpc) is 1.97. The fraction of sp³-hybridized carbons (Fsp3) is 0.400. The minimum Gasteiger partial charge on any atom is -0.282 e. The SMILES string of the molecule is CC(C)(C)c1c(Cl)cc(S(=O)(=O)O)cc1Cl. The molecule has 1 aromatic rings. The molecule has 0 aromatic heterocycles. The number of hydrogen-bond donors (Lipinski definition) is 1. The predicted octanol–water partition coefficient (Wildman–Crippen LogP) is 3.54. The van der Waals surface area contributed by atoms with Gasteiger partial charge in [0.1, 0.15) is 0 Å². The molecule has 0 heterocycles. The van der Waals surface area contributed by atoms with Gasteiger partial charge in [0.05, 0.1) is 4.90 Å². The second kappa shape index (κ2) is 4.18. The Kier molecular flexibility index (Phi) is 3.60. The van der Waals surface area contributed by atoms with Crippen molar-refractivity contribution in [3.8, 4) is 0 Å². The molecule has 0 aliphatic carbocycles. The summed E-state index contributed by atoms with van der Waals surface area (Å²) in [5.41, 5.74) is 0.356. The summed E-state index contributed by atoms with van der Waals surface area (Å²) in [7, 11) is -4.28. The molecule has 0 saturated carbocycles. The van der Waals surface area contributed by atoms with Crippen molar-refractivity contribution < 1.29 is 13.0 Å². The molecule has 0 fully saturated rings. The van der Waals surface area contributed by atoms with E-state index in [0.29, 0.717) is 5.56 Å². The van der Waals surface area contributed by atoms with Crippen molar-refractivity contribution >= 4 is 33.3 Å². The minimum atomic E-state index is -4.28. The lowest BCUT2D eigenvalue weighted by atomic mass is 9.87. The standard InChI is InChI=1S/C10H12Cl2O3S/c1-10(2,3)9-7(11)4-6(5-8(9)12)16(13,14)15/h4-5H,1-3H3,(H,13,14,15). The molecule has 0 saturated heterocycles. The zero-order valence-corrected chi connectivity index (χ0v) is 11.4. The molecule has 1 N–H and O–H groups in total. The highest BCUT2D eigenvalue weighted by Crippen LogP contribution is 2.37. The van der Waals surface area contributed by atoms with Crippen molar-refractivity contribution in [2.45, 2.75) is 31.1 Å². The number of hydrogen-bond acceptors (Lipinski definition) is 2. The quantitative estimate of drug-likeness (QED) is 0.802. The van der Waals surface area contributed by atoms with Crippen molar-refractivity contribution in [3.05, 3.63) is 27.7 Å². The van der Waals surface area contributed by atoms with Crippen molar-refractivity contribution in [1.82, 2.24) is 0 Å². The summed E-state index contributed by atoms with van der Waals surface area (Å²) in [6.45, 7) is 5.73. The molecule has 0 aliphatic heterocycles. The van der Waals surface area contributed by atoms with Crippen LogP contribution in [0, 0.1) is 0 Å². The average molecular weight is 283 g/mol. The lowest BCUT2D eigenvalue weighted by Gasteiger charge is -2.22. The Morgan fingerprint density at radius 2 is 1.50 bits per heavy atom. The molecule has 0 amide bonds. The van der Waals surface area contributed by atoms with Gasteiger partial charge in [-0.3, -0.25) is 4.55 Å². The summed E-state index contributed by atoms with van der Waals surface area (Å²) in [4.78, 5) is -0.296. The van der Waals surface area contributed by atoms with E-state index in [1.165, 1.54) is 12.1 Å². The van der Waals surface area contributed by atoms with Crippen LogP contribution in [0.1, 0.15) is 26.3 Å². The molecule has 1 rings (SSSR count). The van der Waals surface area contributed by atoms with Gasteiger partial charge in [-0.2, -0.15) is 8.42 Å². The molecule has 0 bridgehead atoms. The summed E-state index contributed by atoms with van der Waals surface area (Å²) in [5, 5.41) is 0.459. The van der Waals surface area contributed by atoms with Gasteiger partial charge in [-0.05, 0) is 23.1 Å². The molecule has 0 radical (unpaired) electrons. The fourth-order valence-electron chi connectivity index (χ4n) is 1.42. The Hall–Kier alpha value is -0.290. The van der Waals surface area contributed by atoms with Crippen molar-refractivity contribution in [1.29, 1.82) is 0 Å². The summed E-state index contributed by atoms with van der Waals surface area (Å²) < 4.78 is 30.8. The Labute approximate surface area is 105 Å². The summed E-state index contributed by atoms with van der Waals surface area (Å²) in [6.07, 6.45) is 0. The summed E-state index contributed by atoms with van der Waals surface area (Å²) in [6, 6.07) is 2.40. The maximum atomic E-state index is 10.9. The monoisotopic (exact) mass is 282 g/mol. The minimum absolute atomic E-state index is 0.229. The third kappa shape index (κ3) is 2.88. The van der Waals surface area contributed by atoms with Crippen LogP contribution in [0.4, 0.5) is 0 Å². The van der Waals surface area contributed by atoms with Crippen molar-refractivity contribution in [3.63, 3.8) is 0 Å². The van der Waals surface area contributed by atoms with E-state index in [1.54, 1.807) is 0 Å². The van der Waals surface area contributed by atoms with Crippen molar-refractivity contribution in [2.75, 3.05) is 0 Å². The number of halogens is 2. The van der Waals surface area contributed by atoms with Gasteiger partial charge < -0.3 is 0 Å². The lowest BCUT2D eigenvalue weighted by molar-refractivity contribution is 0.483. The highest BCUT2D eigenvalue weighted by Gasteiger charge is 2.23. The maximum Gasteiger partial charge on any atom is 0.294 e. The van der Waals surface area contributed by atoms with Crippen LogP contribution in [0.25, 0.3) is 0 Å². The Bertz CT molecular complexity index is 492. The van der Waals surface area contributed by atoms with Gasteiger partial charge >= 0.3 is 0 Å². The lowest BCUT2D eigenvalue weighted by Crippen LogP contribution is -2.13. The highest BCUT2D eigenvalue weighted by atomic mass is 35.5. The van der Waals surface area contributed by atoms with E-state index in [4.69, 9.17) is 27.8 Å². The first-order valence-corrected chi connectivity index (χ1v) is 6.70. The third-order valence-corrected chi connectivity index (χ3v) is 3.49. The van der Waals surface area contributed by atoms with Crippen LogP contribution in [-0.4, -0.2) is 13.0 Å². The topological polar surface area (TPSA) is 54.4 Å². The van der Waals surface area contributed by atoms with Crippen LogP contribution in [0.2, 0.25) is 10.0 Å². The van der Waals surface area contributed by atoms with Crippen LogP contribution in [0.15, 0.2) is 17.0 Å². The van der Waals surface area contributed by atoms with Crippen molar-refractivity contribution in [2.24, 2.45) is 0 Å². The third-order valence-electron chi connectivity index (χ3n) is 2.06. The zero-order valence-electron chi connectivity index (χ0n) is 9.08. The Balaban J connectivity index is 3.53.